The molecule has 1 N–H and O–H groups in total. The maximum Gasteiger partial charge on any atom is 0.145 e. The average molecular weight is 308 g/mol. The fraction of sp³-hybridized carbons (Fsp3) is 0.214. The van der Waals surface area contributed by atoms with Crippen molar-refractivity contribution in [3.8, 4) is 11.5 Å². The van der Waals surface area contributed by atoms with Crippen LogP contribution >= 0.6 is 15.9 Å². The summed E-state index contributed by atoms with van der Waals surface area (Å²) in [6.45, 7) is 3.67. The highest BCUT2D eigenvalue weighted by molar-refractivity contribution is 9.10. The van der Waals surface area contributed by atoms with Crippen LogP contribution in [0.1, 0.15) is 24.3 Å². The number of hydrogen-bond acceptors (Lipinski definition) is 3. The van der Waals surface area contributed by atoms with Gasteiger partial charge in [0.25, 0.3) is 0 Å². The molecule has 0 unspecified atom stereocenters. The summed E-state index contributed by atoms with van der Waals surface area (Å²) >= 11 is 3.41. The van der Waals surface area contributed by atoms with Crippen LogP contribution in [0, 0.1) is 6.92 Å². The number of aromatic nitrogens is 1. The maximum atomic E-state index is 9.38. The minimum atomic E-state index is -0.563. The van der Waals surface area contributed by atoms with Gasteiger partial charge in [0, 0.05) is 4.47 Å². The number of nitrogens with zero attached hydrogens (tertiary/aromatic N) is 1. The second-order valence-corrected chi connectivity index (χ2v) is 5.02. The second kappa shape index (κ2) is 5.50. The Balaban J connectivity index is 2.21. The highest BCUT2D eigenvalue weighted by Gasteiger charge is 2.05. The molecule has 18 heavy (non-hydrogen) atoms. The number of pyridine rings is 1. The van der Waals surface area contributed by atoms with Gasteiger partial charge >= 0.3 is 0 Å². The molecule has 0 aliphatic carbocycles. The van der Waals surface area contributed by atoms with Gasteiger partial charge in [-0.2, -0.15) is 0 Å². The molecule has 3 nitrogen and oxygen atoms in total. The van der Waals surface area contributed by atoms with Gasteiger partial charge in [0.15, 0.2) is 0 Å². The van der Waals surface area contributed by atoms with Crippen LogP contribution < -0.4 is 4.74 Å². The third kappa shape index (κ3) is 3.09. The standard InChI is InChI=1S/C14H14BrNO2/c1-9-3-4-11(15)7-14(9)18-12-5-6-13(10(2)17)16-8-12/h3-8,10,17H,1-2H3/t10-/m1/s1. The molecule has 0 bridgehead atoms. The van der Waals surface area contributed by atoms with Gasteiger partial charge in [-0.15, -0.1) is 0 Å². The molecule has 2 aromatic rings. The van der Waals surface area contributed by atoms with E-state index in [-0.39, 0.29) is 0 Å². The van der Waals surface area contributed by atoms with Crippen molar-refractivity contribution in [3.05, 3.63) is 52.3 Å². The number of aryl methyl sites for hydroxylation is 1. The summed E-state index contributed by atoms with van der Waals surface area (Å²) in [6.07, 6.45) is 1.05. The molecule has 0 radical (unpaired) electrons. The Hall–Kier alpha value is -1.39. The number of rotatable bonds is 3. The molecule has 4 heteroatoms. The number of aliphatic hydroxyl groups excluding tert-OH is 1. The van der Waals surface area contributed by atoms with E-state index < -0.39 is 6.10 Å². The Labute approximate surface area is 115 Å². The predicted molar refractivity (Wildman–Crippen MR) is 73.8 cm³/mol. The van der Waals surface area contributed by atoms with Crippen LogP contribution in [0.15, 0.2) is 41.0 Å². The molecule has 0 fully saturated rings. The lowest BCUT2D eigenvalue weighted by Gasteiger charge is -2.10. The first-order valence-corrected chi connectivity index (χ1v) is 6.43. The molecule has 0 spiro atoms. The molecule has 94 valence electrons. The lowest BCUT2D eigenvalue weighted by molar-refractivity contribution is 0.194. The number of halogens is 1. The largest absolute Gasteiger partial charge is 0.455 e. The molecule has 1 atom stereocenters. The Morgan fingerprint density at radius 1 is 1.28 bits per heavy atom. The molecular weight excluding hydrogens is 294 g/mol. The van der Waals surface area contributed by atoms with Crippen molar-refractivity contribution in [1.82, 2.24) is 4.98 Å². The summed E-state index contributed by atoms with van der Waals surface area (Å²) in [5.41, 5.74) is 1.69. The summed E-state index contributed by atoms with van der Waals surface area (Å²) in [5.74, 6) is 1.44. The summed E-state index contributed by atoms with van der Waals surface area (Å²) in [7, 11) is 0. The van der Waals surface area contributed by atoms with E-state index in [0.717, 1.165) is 15.8 Å². The van der Waals surface area contributed by atoms with Crippen molar-refractivity contribution in [1.29, 1.82) is 0 Å². The van der Waals surface area contributed by atoms with Gasteiger partial charge in [-0.25, -0.2) is 0 Å². The fourth-order valence-electron chi connectivity index (χ4n) is 1.51. The molecular formula is C14H14BrNO2. The van der Waals surface area contributed by atoms with E-state index in [1.54, 1.807) is 25.3 Å². The van der Waals surface area contributed by atoms with Crippen molar-refractivity contribution in [3.63, 3.8) is 0 Å². The van der Waals surface area contributed by atoms with Gasteiger partial charge in [-0.1, -0.05) is 22.0 Å². The third-order valence-corrected chi connectivity index (χ3v) is 3.06. The van der Waals surface area contributed by atoms with Gasteiger partial charge in [-0.05, 0) is 43.7 Å². The van der Waals surface area contributed by atoms with E-state index in [0.29, 0.717) is 11.4 Å². The third-order valence-electron chi connectivity index (χ3n) is 2.57. The van der Waals surface area contributed by atoms with Gasteiger partial charge < -0.3 is 9.84 Å². The van der Waals surface area contributed by atoms with Gasteiger partial charge in [-0.3, -0.25) is 4.98 Å². The van der Waals surface area contributed by atoms with Crippen LogP contribution in [-0.4, -0.2) is 10.1 Å². The van der Waals surface area contributed by atoms with Crippen molar-refractivity contribution in [2.24, 2.45) is 0 Å². The Kier molecular flexibility index (Phi) is 3.99. The highest BCUT2D eigenvalue weighted by Crippen LogP contribution is 2.28. The first-order chi connectivity index (χ1) is 8.56. The zero-order valence-corrected chi connectivity index (χ0v) is 11.8. The monoisotopic (exact) mass is 307 g/mol. The van der Waals surface area contributed by atoms with E-state index in [4.69, 9.17) is 4.74 Å². The number of benzene rings is 1. The summed E-state index contributed by atoms with van der Waals surface area (Å²) < 4.78 is 6.72. The average Bonchev–Trinajstić information content (AvgIpc) is 2.34. The van der Waals surface area contributed by atoms with Crippen LogP contribution in [0.2, 0.25) is 0 Å². The van der Waals surface area contributed by atoms with E-state index >= 15 is 0 Å². The predicted octanol–water partition coefficient (Wildman–Crippen LogP) is 4.00. The number of ether oxygens (including phenoxy) is 1. The molecule has 1 aromatic carbocycles. The minimum absolute atomic E-state index is 0.563. The first kappa shape index (κ1) is 13.1. The van der Waals surface area contributed by atoms with Crippen LogP contribution in [0.5, 0.6) is 11.5 Å². The molecule has 2 rings (SSSR count). The molecule has 0 saturated carbocycles. The molecule has 1 heterocycles. The van der Waals surface area contributed by atoms with Gasteiger partial charge in [0.05, 0.1) is 18.0 Å². The molecule has 1 aromatic heterocycles. The van der Waals surface area contributed by atoms with Crippen LogP contribution in [0.4, 0.5) is 0 Å². The first-order valence-electron chi connectivity index (χ1n) is 5.64. The van der Waals surface area contributed by atoms with E-state index in [2.05, 4.69) is 20.9 Å². The SMILES string of the molecule is Cc1ccc(Br)cc1Oc1ccc([C@@H](C)O)nc1. The maximum absolute atomic E-state index is 9.38. The lowest BCUT2D eigenvalue weighted by Crippen LogP contribution is -1.95. The molecule has 0 saturated heterocycles. The topological polar surface area (TPSA) is 42.4 Å². The smallest absolute Gasteiger partial charge is 0.145 e. The number of aliphatic hydroxyl groups is 1. The molecule has 0 aliphatic heterocycles. The normalized spacial score (nSPS) is 12.2. The molecule has 0 amide bonds. The van der Waals surface area contributed by atoms with Crippen molar-refractivity contribution >= 4 is 15.9 Å². The van der Waals surface area contributed by atoms with Gasteiger partial charge in [0.2, 0.25) is 0 Å². The Morgan fingerprint density at radius 3 is 2.67 bits per heavy atom. The van der Waals surface area contributed by atoms with Crippen molar-refractivity contribution in [2.75, 3.05) is 0 Å². The van der Waals surface area contributed by atoms with E-state index in [1.165, 1.54) is 0 Å². The van der Waals surface area contributed by atoms with Crippen LogP contribution in [-0.2, 0) is 0 Å². The zero-order chi connectivity index (χ0) is 13.1. The van der Waals surface area contributed by atoms with E-state index in [9.17, 15) is 5.11 Å². The Morgan fingerprint density at radius 2 is 2.06 bits per heavy atom. The van der Waals surface area contributed by atoms with Crippen molar-refractivity contribution in [2.45, 2.75) is 20.0 Å². The summed E-state index contributed by atoms with van der Waals surface area (Å²) in [6, 6.07) is 9.43. The van der Waals surface area contributed by atoms with Crippen LogP contribution in [0.25, 0.3) is 0 Å². The molecule has 0 aliphatic rings. The summed E-state index contributed by atoms with van der Waals surface area (Å²) in [5, 5.41) is 9.38. The number of hydrogen-bond donors (Lipinski definition) is 1. The van der Waals surface area contributed by atoms with Crippen LogP contribution in [0.3, 0.4) is 0 Å². The lowest BCUT2D eigenvalue weighted by atomic mass is 10.2. The summed E-state index contributed by atoms with van der Waals surface area (Å²) in [4.78, 5) is 4.14. The minimum Gasteiger partial charge on any atom is -0.455 e. The Bertz CT molecular complexity index is 538. The highest BCUT2D eigenvalue weighted by atomic mass is 79.9. The van der Waals surface area contributed by atoms with Gasteiger partial charge in [0.1, 0.15) is 11.5 Å². The van der Waals surface area contributed by atoms with E-state index in [1.807, 2.05) is 25.1 Å². The second-order valence-electron chi connectivity index (χ2n) is 4.11. The fourth-order valence-corrected chi connectivity index (χ4v) is 1.85. The zero-order valence-electron chi connectivity index (χ0n) is 10.2. The quantitative estimate of drug-likeness (QED) is 0.932. The van der Waals surface area contributed by atoms with Crippen molar-refractivity contribution < 1.29 is 9.84 Å².